The summed E-state index contributed by atoms with van der Waals surface area (Å²) in [6.45, 7) is 4.31. The average Bonchev–Trinajstić information content (AvgIpc) is 2.51. The van der Waals surface area contributed by atoms with Gasteiger partial charge in [-0.25, -0.2) is 0 Å². The largest absolute Gasteiger partial charge is 0.395 e. The predicted molar refractivity (Wildman–Crippen MR) is 80.4 cm³/mol. The quantitative estimate of drug-likeness (QED) is 0.850. The molecule has 0 saturated carbocycles. The lowest BCUT2D eigenvalue weighted by Gasteiger charge is -2.29. The molecule has 20 heavy (non-hydrogen) atoms. The number of piperazine rings is 1. The third-order valence-corrected chi connectivity index (χ3v) is 3.78. The van der Waals surface area contributed by atoms with Gasteiger partial charge in [0.1, 0.15) is 0 Å². The molecular weight excluding hydrogens is 254 g/mol. The smallest absolute Gasteiger partial charge is 0.251 e. The normalized spacial score (nSPS) is 15.8. The van der Waals surface area contributed by atoms with Crippen LogP contribution in [-0.2, 0) is 6.54 Å². The third kappa shape index (κ3) is 2.42. The molecule has 5 nitrogen and oxygen atoms in total. The molecule has 2 N–H and O–H groups in total. The van der Waals surface area contributed by atoms with Gasteiger partial charge in [-0.3, -0.25) is 4.79 Å². The molecule has 0 unspecified atom stereocenters. The summed E-state index contributed by atoms with van der Waals surface area (Å²) in [6.07, 6.45) is 0. The standard InChI is InChI=1S/C15H19N3O2/c19-10-9-18-14-3-2-13(17-7-5-16-6-8-17)11-12(14)1-4-15(18)20/h1-4,11,16,19H,5-10H2. The lowest BCUT2D eigenvalue weighted by molar-refractivity contribution is 0.276. The van der Waals surface area contributed by atoms with Crippen molar-refractivity contribution in [2.45, 2.75) is 6.54 Å². The van der Waals surface area contributed by atoms with Crippen LogP contribution in [0.25, 0.3) is 10.9 Å². The first-order chi connectivity index (χ1) is 9.79. The second-order valence-electron chi connectivity index (χ2n) is 5.03. The maximum Gasteiger partial charge on any atom is 0.251 e. The number of pyridine rings is 1. The van der Waals surface area contributed by atoms with Crippen molar-refractivity contribution >= 4 is 16.6 Å². The highest BCUT2D eigenvalue weighted by Crippen LogP contribution is 2.21. The van der Waals surface area contributed by atoms with E-state index in [2.05, 4.69) is 22.3 Å². The minimum absolute atomic E-state index is 0.0292. The van der Waals surface area contributed by atoms with Crippen LogP contribution >= 0.6 is 0 Å². The van der Waals surface area contributed by atoms with Gasteiger partial charge in [0.25, 0.3) is 5.56 Å². The van der Waals surface area contributed by atoms with Crippen LogP contribution in [0.3, 0.4) is 0 Å². The number of hydrogen-bond acceptors (Lipinski definition) is 4. The predicted octanol–water partition coefficient (Wildman–Crippen LogP) is 0.403. The van der Waals surface area contributed by atoms with Gasteiger partial charge < -0.3 is 19.9 Å². The Morgan fingerprint density at radius 1 is 1.15 bits per heavy atom. The van der Waals surface area contributed by atoms with Crippen molar-refractivity contribution in [1.82, 2.24) is 9.88 Å². The molecule has 106 valence electrons. The fraction of sp³-hybridized carbons (Fsp3) is 0.400. The van der Waals surface area contributed by atoms with Crippen LogP contribution in [0.15, 0.2) is 35.1 Å². The van der Waals surface area contributed by atoms with E-state index in [1.54, 1.807) is 10.6 Å². The van der Waals surface area contributed by atoms with Crippen LogP contribution in [0.5, 0.6) is 0 Å². The first-order valence-electron chi connectivity index (χ1n) is 7.00. The first-order valence-corrected chi connectivity index (χ1v) is 7.00. The van der Waals surface area contributed by atoms with Gasteiger partial charge in [0.15, 0.2) is 0 Å². The molecule has 2 heterocycles. The van der Waals surface area contributed by atoms with Gasteiger partial charge in [0, 0.05) is 49.9 Å². The van der Waals surface area contributed by atoms with Crippen molar-refractivity contribution in [2.24, 2.45) is 0 Å². The van der Waals surface area contributed by atoms with Gasteiger partial charge in [-0.2, -0.15) is 0 Å². The fourth-order valence-corrected chi connectivity index (χ4v) is 2.74. The average molecular weight is 273 g/mol. The molecule has 1 aromatic heterocycles. The van der Waals surface area contributed by atoms with E-state index in [9.17, 15) is 4.79 Å². The highest BCUT2D eigenvalue weighted by Gasteiger charge is 2.11. The molecule has 1 saturated heterocycles. The molecule has 0 spiro atoms. The van der Waals surface area contributed by atoms with Gasteiger partial charge in [0.05, 0.1) is 12.1 Å². The number of aliphatic hydroxyl groups is 1. The number of benzene rings is 1. The Kier molecular flexibility index (Phi) is 3.71. The van der Waals surface area contributed by atoms with Crippen LogP contribution in [0.2, 0.25) is 0 Å². The highest BCUT2D eigenvalue weighted by atomic mass is 16.3. The number of anilines is 1. The topological polar surface area (TPSA) is 57.5 Å². The van der Waals surface area contributed by atoms with Crippen molar-refractivity contribution in [3.05, 3.63) is 40.7 Å². The molecule has 1 aromatic carbocycles. The lowest BCUT2D eigenvalue weighted by Crippen LogP contribution is -2.43. The van der Waals surface area contributed by atoms with Crippen molar-refractivity contribution in [3.63, 3.8) is 0 Å². The molecule has 3 rings (SSSR count). The van der Waals surface area contributed by atoms with E-state index in [1.165, 1.54) is 5.69 Å². The van der Waals surface area contributed by atoms with Gasteiger partial charge in [0.2, 0.25) is 0 Å². The van der Waals surface area contributed by atoms with Crippen LogP contribution in [-0.4, -0.2) is 42.5 Å². The Morgan fingerprint density at radius 2 is 1.95 bits per heavy atom. The summed E-state index contributed by atoms with van der Waals surface area (Å²) < 4.78 is 1.62. The molecule has 5 heteroatoms. The SMILES string of the molecule is O=c1ccc2cc(N3CCNCC3)ccc2n1CCO. The number of rotatable bonds is 3. The molecule has 0 bridgehead atoms. The zero-order chi connectivity index (χ0) is 13.9. The van der Waals surface area contributed by atoms with Gasteiger partial charge in [-0.05, 0) is 24.3 Å². The zero-order valence-corrected chi connectivity index (χ0v) is 11.4. The Hall–Kier alpha value is -1.85. The van der Waals surface area contributed by atoms with E-state index in [4.69, 9.17) is 5.11 Å². The van der Waals surface area contributed by atoms with Crippen LogP contribution in [0.4, 0.5) is 5.69 Å². The van der Waals surface area contributed by atoms with E-state index in [1.807, 2.05) is 12.1 Å². The monoisotopic (exact) mass is 273 g/mol. The number of aliphatic hydroxyl groups excluding tert-OH is 1. The third-order valence-electron chi connectivity index (χ3n) is 3.78. The Morgan fingerprint density at radius 3 is 2.70 bits per heavy atom. The number of nitrogens with one attached hydrogen (secondary N) is 1. The van der Waals surface area contributed by atoms with E-state index in [0.29, 0.717) is 6.54 Å². The minimum Gasteiger partial charge on any atom is -0.395 e. The van der Waals surface area contributed by atoms with Gasteiger partial charge >= 0.3 is 0 Å². The van der Waals surface area contributed by atoms with Crippen molar-refractivity contribution in [3.8, 4) is 0 Å². The molecule has 0 radical (unpaired) electrons. The van der Waals surface area contributed by atoms with Crippen LogP contribution in [0.1, 0.15) is 0 Å². The Labute approximate surface area is 117 Å². The maximum atomic E-state index is 11.8. The molecule has 0 amide bonds. The van der Waals surface area contributed by atoms with E-state index < -0.39 is 0 Å². The summed E-state index contributed by atoms with van der Waals surface area (Å²) in [7, 11) is 0. The van der Waals surface area contributed by atoms with Crippen molar-refractivity contribution in [1.29, 1.82) is 0 Å². The first kappa shape index (κ1) is 13.1. The second-order valence-corrected chi connectivity index (χ2v) is 5.03. The summed E-state index contributed by atoms with van der Waals surface area (Å²) in [4.78, 5) is 14.2. The molecule has 1 fully saturated rings. The Balaban J connectivity index is 2.03. The molecular formula is C15H19N3O2. The zero-order valence-electron chi connectivity index (χ0n) is 11.4. The van der Waals surface area contributed by atoms with E-state index in [0.717, 1.165) is 37.1 Å². The molecule has 2 aromatic rings. The second kappa shape index (κ2) is 5.64. The van der Waals surface area contributed by atoms with E-state index >= 15 is 0 Å². The van der Waals surface area contributed by atoms with Crippen molar-refractivity contribution in [2.75, 3.05) is 37.7 Å². The Bertz CT molecular complexity index is 660. The molecule has 0 atom stereocenters. The molecule has 1 aliphatic rings. The van der Waals surface area contributed by atoms with E-state index in [-0.39, 0.29) is 12.2 Å². The number of nitrogens with zero attached hydrogens (tertiary/aromatic N) is 2. The highest BCUT2D eigenvalue weighted by molar-refractivity contribution is 5.83. The number of fused-ring (bicyclic) bond motifs is 1. The van der Waals surface area contributed by atoms with Gasteiger partial charge in [-0.15, -0.1) is 0 Å². The number of hydrogen-bond donors (Lipinski definition) is 2. The maximum absolute atomic E-state index is 11.8. The summed E-state index contributed by atoms with van der Waals surface area (Å²) >= 11 is 0. The fourth-order valence-electron chi connectivity index (χ4n) is 2.74. The lowest BCUT2D eigenvalue weighted by atomic mass is 10.1. The summed E-state index contributed by atoms with van der Waals surface area (Å²) in [5.41, 5.74) is 2.00. The van der Waals surface area contributed by atoms with Crippen molar-refractivity contribution < 1.29 is 5.11 Å². The summed E-state index contributed by atoms with van der Waals surface area (Å²) in [5, 5.41) is 13.5. The van der Waals surface area contributed by atoms with Crippen LogP contribution < -0.4 is 15.8 Å². The summed E-state index contributed by atoms with van der Waals surface area (Å²) in [6, 6.07) is 9.58. The molecule has 0 aliphatic carbocycles. The number of aromatic nitrogens is 1. The summed E-state index contributed by atoms with van der Waals surface area (Å²) in [5.74, 6) is 0. The van der Waals surface area contributed by atoms with Gasteiger partial charge in [-0.1, -0.05) is 0 Å². The van der Waals surface area contributed by atoms with Crippen LogP contribution in [0, 0.1) is 0 Å². The molecule has 1 aliphatic heterocycles. The minimum atomic E-state index is -0.0681.